The standard InChI is InChI=1S/C14H17N3O2S2/c1-15-13-10-11(6-7-16-13)12-4-2-8-17(12)21(18,19)14-5-3-9-20-14/h3,5-7,9-10,12H,2,4,8H2,1H3,(H,15,16). The molecule has 1 aliphatic heterocycles. The van der Waals surface area contributed by atoms with Gasteiger partial charge in [-0.25, -0.2) is 13.4 Å². The minimum absolute atomic E-state index is 0.104. The van der Waals surface area contributed by atoms with Crippen molar-refractivity contribution in [3.8, 4) is 0 Å². The van der Waals surface area contributed by atoms with E-state index in [4.69, 9.17) is 0 Å². The zero-order valence-corrected chi connectivity index (χ0v) is 13.3. The number of sulfonamides is 1. The molecular weight excluding hydrogens is 306 g/mol. The Morgan fingerprint density at radius 2 is 2.29 bits per heavy atom. The van der Waals surface area contributed by atoms with Gasteiger partial charge in [-0.05, 0) is 42.0 Å². The molecule has 1 fully saturated rings. The number of hydrogen-bond donors (Lipinski definition) is 1. The summed E-state index contributed by atoms with van der Waals surface area (Å²) in [7, 11) is -1.59. The van der Waals surface area contributed by atoms with Crippen LogP contribution in [0.5, 0.6) is 0 Å². The second-order valence-corrected chi connectivity index (χ2v) is 8.00. The number of pyridine rings is 1. The van der Waals surface area contributed by atoms with Gasteiger partial charge in [-0.3, -0.25) is 0 Å². The van der Waals surface area contributed by atoms with E-state index >= 15 is 0 Å². The first-order chi connectivity index (χ1) is 10.1. The Bertz CT molecular complexity index is 714. The van der Waals surface area contributed by atoms with E-state index in [9.17, 15) is 8.42 Å². The maximum atomic E-state index is 12.7. The van der Waals surface area contributed by atoms with Crippen molar-refractivity contribution < 1.29 is 8.42 Å². The van der Waals surface area contributed by atoms with Gasteiger partial charge in [-0.1, -0.05) is 6.07 Å². The number of nitrogens with one attached hydrogen (secondary N) is 1. The highest BCUT2D eigenvalue weighted by atomic mass is 32.2. The Hall–Kier alpha value is -1.44. The zero-order valence-electron chi connectivity index (χ0n) is 11.7. The lowest BCUT2D eigenvalue weighted by atomic mass is 10.1. The van der Waals surface area contributed by atoms with E-state index in [1.165, 1.54) is 11.3 Å². The fourth-order valence-corrected chi connectivity index (χ4v) is 5.48. The first-order valence-electron chi connectivity index (χ1n) is 6.82. The lowest BCUT2D eigenvalue weighted by Gasteiger charge is -2.24. The lowest BCUT2D eigenvalue weighted by molar-refractivity contribution is 0.398. The van der Waals surface area contributed by atoms with Gasteiger partial charge in [0.25, 0.3) is 10.0 Å². The van der Waals surface area contributed by atoms with Gasteiger partial charge in [-0.2, -0.15) is 4.31 Å². The number of rotatable bonds is 4. The summed E-state index contributed by atoms with van der Waals surface area (Å²) in [6.45, 7) is 0.572. The van der Waals surface area contributed by atoms with Crippen LogP contribution in [0, 0.1) is 0 Å². The van der Waals surface area contributed by atoms with Crippen molar-refractivity contribution in [1.29, 1.82) is 0 Å². The van der Waals surface area contributed by atoms with E-state index < -0.39 is 10.0 Å². The van der Waals surface area contributed by atoms with Crippen LogP contribution in [0.1, 0.15) is 24.4 Å². The van der Waals surface area contributed by atoms with Gasteiger partial charge >= 0.3 is 0 Å². The molecule has 3 rings (SSSR count). The van der Waals surface area contributed by atoms with Gasteiger partial charge in [0.1, 0.15) is 10.0 Å². The molecule has 0 amide bonds. The first kappa shape index (κ1) is 14.5. The van der Waals surface area contributed by atoms with Gasteiger partial charge in [0.2, 0.25) is 0 Å². The molecule has 1 saturated heterocycles. The summed E-state index contributed by atoms with van der Waals surface area (Å²) < 4.78 is 27.5. The van der Waals surface area contributed by atoms with Gasteiger partial charge in [0.05, 0.1) is 6.04 Å². The third-order valence-corrected chi connectivity index (χ3v) is 6.97. The molecule has 7 heteroatoms. The Morgan fingerprint density at radius 1 is 1.43 bits per heavy atom. The van der Waals surface area contributed by atoms with Crippen molar-refractivity contribution in [2.75, 3.05) is 18.9 Å². The maximum Gasteiger partial charge on any atom is 0.253 e. The van der Waals surface area contributed by atoms with Gasteiger partial charge in [0, 0.05) is 19.8 Å². The minimum atomic E-state index is -3.40. The molecule has 1 atom stereocenters. The van der Waals surface area contributed by atoms with Crippen molar-refractivity contribution in [2.45, 2.75) is 23.1 Å². The summed E-state index contributed by atoms with van der Waals surface area (Å²) in [5, 5.41) is 4.79. The number of hydrogen-bond acceptors (Lipinski definition) is 5. The summed E-state index contributed by atoms with van der Waals surface area (Å²) in [6.07, 6.45) is 3.44. The molecule has 1 N–H and O–H groups in total. The lowest BCUT2D eigenvalue weighted by Crippen LogP contribution is -2.30. The minimum Gasteiger partial charge on any atom is -0.373 e. The molecule has 1 unspecified atom stereocenters. The molecule has 0 radical (unpaired) electrons. The molecule has 0 spiro atoms. The summed E-state index contributed by atoms with van der Waals surface area (Å²) >= 11 is 1.27. The molecule has 112 valence electrons. The van der Waals surface area contributed by atoms with E-state index in [0.717, 1.165) is 24.2 Å². The van der Waals surface area contributed by atoms with Crippen LogP contribution < -0.4 is 5.32 Å². The van der Waals surface area contributed by atoms with Crippen molar-refractivity contribution in [3.05, 3.63) is 41.4 Å². The van der Waals surface area contributed by atoms with Crippen LogP contribution in [0.2, 0.25) is 0 Å². The molecule has 0 saturated carbocycles. The molecule has 0 aromatic carbocycles. The van der Waals surface area contributed by atoms with Crippen LogP contribution in [-0.4, -0.2) is 31.3 Å². The summed E-state index contributed by atoms with van der Waals surface area (Å²) in [5.41, 5.74) is 0.993. The number of anilines is 1. The Balaban J connectivity index is 1.96. The zero-order chi connectivity index (χ0) is 14.9. The summed E-state index contributed by atoms with van der Waals surface area (Å²) in [6, 6.07) is 7.16. The van der Waals surface area contributed by atoms with Crippen molar-refractivity contribution in [3.63, 3.8) is 0 Å². The molecule has 0 aliphatic carbocycles. The van der Waals surface area contributed by atoms with E-state index in [-0.39, 0.29) is 6.04 Å². The quantitative estimate of drug-likeness (QED) is 0.940. The number of nitrogens with zero attached hydrogens (tertiary/aromatic N) is 2. The van der Waals surface area contributed by atoms with Crippen LogP contribution >= 0.6 is 11.3 Å². The highest BCUT2D eigenvalue weighted by Gasteiger charge is 2.36. The van der Waals surface area contributed by atoms with Crippen LogP contribution in [0.4, 0.5) is 5.82 Å². The summed E-state index contributed by atoms with van der Waals surface area (Å²) in [4.78, 5) is 4.19. The fraction of sp³-hybridized carbons (Fsp3) is 0.357. The molecule has 5 nitrogen and oxygen atoms in total. The Morgan fingerprint density at radius 3 is 3.00 bits per heavy atom. The molecule has 0 bridgehead atoms. The third-order valence-electron chi connectivity index (χ3n) is 3.69. The largest absolute Gasteiger partial charge is 0.373 e. The maximum absolute atomic E-state index is 12.7. The van der Waals surface area contributed by atoms with E-state index in [1.54, 1.807) is 35.1 Å². The smallest absolute Gasteiger partial charge is 0.253 e. The van der Waals surface area contributed by atoms with Crippen molar-refractivity contribution >= 4 is 27.2 Å². The predicted molar refractivity (Wildman–Crippen MR) is 84.0 cm³/mol. The molecule has 2 aromatic heterocycles. The van der Waals surface area contributed by atoms with E-state index in [2.05, 4.69) is 10.3 Å². The molecule has 1 aliphatic rings. The van der Waals surface area contributed by atoms with Crippen LogP contribution in [0.15, 0.2) is 40.1 Å². The van der Waals surface area contributed by atoms with Gasteiger partial charge in [0.15, 0.2) is 0 Å². The average molecular weight is 323 g/mol. The van der Waals surface area contributed by atoms with Crippen LogP contribution in [0.25, 0.3) is 0 Å². The SMILES string of the molecule is CNc1cc(C2CCCN2S(=O)(=O)c2cccs2)ccn1. The molecule has 21 heavy (non-hydrogen) atoms. The van der Waals surface area contributed by atoms with Gasteiger partial charge < -0.3 is 5.32 Å². The first-order valence-corrected chi connectivity index (χ1v) is 9.14. The number of thiophene rings is 1. The average Bonchev–Trinajstić information content (AvgIpc) is 3.18. The number of aromatic nitrogens is 1. The third kappa shape index (κ3) is 2.68. The Kier molecular flexibility index (Phi) is 3.97. The molecule has 3 heterocycles. The Labute approximate surface area is 128 Å². The van der Waals surface area contributed by atoms with Crippen LogP contribution in [-0.2, 0) is 10.0 Å². The monoisotopic (exact) mass is 323 g/mol. The van der Waals surface area contributed by atoms with Gasteiger partial charge in [-0.15, -0.1) is 11.3 Å². The normalized spacial score (nSPS) is 19.8. The second kappa shape index (κ2) is 5.75. The van der Waals surface area contributed by atoms with E-state index in [1.807, 2.05) is 12.1 Å². The highest BCUT2D eigenvalue weighted by molar-refractivity contribution is 7.91. The highest BCUT2D eigenvalue weighted by Crippen LogP contribution is 2.37. The van der Waals surface area contributed by atoms with Crippen molar-refractivity contribution in [1.82, 2.24) is 9.29 Å². The molecule has 2 aromatic rings. The van der Waals surface area contributed by atoms with Crippen molar-refractivity contribution in [2.24, 2.45) is 0 Å². The molecular formula is C14H17N3O2S2. The van der Waals surface area contributed by atoms with E-state index in [0.29, 0.717) is 10.8 Å². The topological polar surface area (TPSA) is 62.3 Å². The second-order valence-electron chi connectivity index (χ2n) is 4.93. The van der Waals surface area contributed by atoms with Crippen LogP contribution in [0.3, 0.4) is 0 Å². The fourth-order valence-electron chi connectivity index (χ4n) is 2.68. The predicted octanol–water partition coefficient (Wildman–Crippen LogP) is 2.71. The summed E-state index contributed by atoms with van der Waals surface area (Å²) in [5.74, 6) is 0.757.